The summed E-state index contributed by atoms with van der Waals surface area (Å²) in [6, 6.07) is 0. The second kappa shape index (κ2) is 6.44. The van der Waals surface area contributed by atoms with Crippen LogP contribution in [-0.4, -0.2) is 16.3 Å². The van der Waals surface area contributed by atoms with Gasteiger partial charge in [-0.2, -0.15) is 0 Å². The van der Waals surface area contributed by atoms with Crippen LogP contribution >= 0.6 is 15.9 Å². The zero-order valence-corrected chi connectivity index (χ0v) is 11.3. The summed E-state index contributed by atoms with van der Waals surface area (Å²) in [5, 5.41) is 3.03. The van der Waals surface area contributed by atoms with Crippen LogP contribution in [0.3, 0.4) is 0 Å². The van der Waals surface area contributed by atoms with Gasteiger partial charge in [0.15, 0.2) is 0 Å². The third-order valence-corrected chi connectivity index (χ3v) is 3.61. The van der Waals surface area contributed by atoms with E-state index in [0.717, 1.165) is 19.3 Å². The SMILES string of the molecule is CCCCCC(=O)NC(C)(C)C(C)Br. The third kappa shape index (κ3) is 5.63. The summed E-state index contributed by atoms with van der Waals surface area (Å²) < 4.78 is 0. The molecule has 0 saturated heterocycles. The zero-order valence-electron chi connectivity index (χ0n) is 9.69. The lowest BCUT2D eigenvalue weighted by molar-refractivity contribution is -0.122. The van der Waals surface area contributed by atoms with Crippen LogP contribution in [0.15, 0.2) is 0 Å². The van der Waals surface area contributed by atoms with Gasteiger partial charge in [0.1, 0.15) is 0 Å². The second-order valence-electron chi connectivity index (χ2n) is 4.34. The predicted octanol–water partition coefficient (Wildman–Crippen LogP) is 3.24. The van der Waals surface area contributed by atoms with Gasteiger partial charge >= 0.3 is 0 Å². The highest BCUT2D eigenvalue weighted by Crippen LogP contribution is 2.16. The molecule has 0 fully saturated rings. The Morgan fingerprint density at radius 2 is 2.00 bits per heavy atom. The number of carbonyl (C=O) groups is 1. The topological polar surface area (TPSA) is 29.1 Å². The van der Waals surface area contributed by atoms with Gasteiger partial charge in [-0.05, 0) is 20.3 Å². The van der Waals surface area contributed by atoms with Crippen LogP contribution in [0.1, 0.15) is 53.4 Å². The fourth-order valence-corrected chi connectivity index (χ4v) is 1.17. The van der Waals surface area contributed by atoms with E-state index in [9.17, 15) is 4.79 Å². The number of carbonyl (C=O) groups excluding carboxylic acids is 1. The fraction of sp³-hybridized carbons (Fsp3) is 0.909. The Morgan fingerprint density at radius 3 is 2.43 bits per heavy atom. The number of nitrogens with one attached hydrogen (secondary N) is 1. The van der Waals surface area contributed by atoms with Crippen molar-refractivity contribution in [1.82, 2.24) is 5.32 Å². The van der Waals surface area contributed by atoms with Gasteiger partial charge in [-0.1, -0.05) is 42.6 Å². The van der Waals surface area contributed by atoms with Gasteiger partial charge in [-0.15, -0.1) is 0 Å². The molecule has 3 heteroatoms. The smallest absolute Gasteiger partial charge is 0.220 e. The number of hydrogen-bond donors (Lipinski definition) is 1. The molecule has 0 heterocycles. The van der Waals surface area contributed by atoms with Crippen LogP contribution in [0.5, 0.6) is 0 Å². The molecule has 0 aliphatic rings. The Morgan fingerprint density at radius 1 is 1.43 bits per heavy atom. The average Bonchev–Trinajstić information content (AvgIpc) is 2.03. The monoisotopic (exact) mass is 263 g/mol. The maximum absolute atomic E-state index is 11.5. The summed E-state index contributed by atoms with van der Waals surface area (Å²) in [5.41, 5.74) is -0.163. The number of halogens is 1. The average molecular weight is 264 g/mol. The minimum atomic E-state index is -0.163. The molecule has 0 aromatic heterocycles. The number of rotatable bonds is 6. The number of unbranched alkanes of at least 4 members (excludes halogenated alkanes) is 2. The van der Waals surface area contributed by atoms with Crippen molar-refractivity contribution in [3.63, 3.8) is 0 Å². The molecule has 1 N–H and O–H groups in total. The van der Waals surface area contributed by atoms with Gasteiger partial charge in [0.2, 0.25) is 5.91 Å². The molecule has 1 amide bonds. The van der Waals surface area contributed by atoms with E-state index in [1.54, 1.807) is 0 Å². The highest BCUT2D eigenvalue weighted by molar-refractivity contribution is 9.09. The Kier molecular flexibility index (Phi) is 6.41. The van der Waals surface area contributed by atoms with Crippen LogP contribution in [0.2, 0.25) is 0 Å². The van der Waals surface area contributed by atoms with E-state index in [1.165, 1.54) is 0 Å². The number of alkyl halides is 1. The van der Waals surface area contributed by atoms with E-state index in [0.29, 0.717) is 6.42 Å². The van der Waals surface area contributed by atoms with Crippen molar-refractivity contribution >= 4 is 21.8 Å². The van der Waals surface area contributed by atoms with Crippen molar-refractivity contribution in [3.8, 4) is 0 Å². The van der Waals surface area contributed by atoms with Gasteiger partial charge in [-0.3, -0.25) is 4.79 Å². The lowest BCUT2D eigenvalue weighted by Crippen LogP contribution is -2.48. The predicted molar refractivity (Wildman–Crippen MR) is 64.8 cm³/mol. The van der Waals surface area contributed by atoms with Crippen LogP contribution in [0, 0.1) is 0 Å². The standard InChI is InChI=1S/C11H22BrNO/c1-5-6-7-8-10(14)13-11(3,4)9(2)12/h9H,5-8H2,1-4H3,(H,13,14). The molecule has 1 unspecified atom stereocenters. The summed E-state index contributed by atoms with van der Waals surface area (Å²) in [6.45, 7) is 8.25. The van der Waals surface area contributed by atoms with Crippen LogP contribution < -0.4 is 5.32 Å². The van der Waals surface area contributed by atoms with Gasteiger partial charge in [0.05, 0.1) is 0 Å². The van der Waals surface area contributed by atoms with E-state index in [4.69, 9.17) is 0 Å². The summed E-state index contributed by atoms with van der Waals surface area (Å²) in [7, 11) is 0. The highest BCUT2D eigenvalue weighted by atomic mass is 79.9. The van der Waals surface area contributed by atoms with Crippen molar-refractivity contribution in [3.05, 3.63) is 0 Å². The van der Waals surface area contributed by atoms with Crippen molar-refractivity contribution < 1.29 is 4.79 Å². The molecule has 0 saturated carbocycles. The summed E-state index contributed by atoms with van der Waals surface area (Å²) in [6.07, 6.45) is 3.94. The molecule has 0 radical (unpaired) electrons. The van der Waals surface area contributed by atoms with Gasteiger partial charge in [0.25, 0.3) is 0 Å². The van der Waals surface area contributed by atoms with E-state index < -0.39 is 0 Å². The summed E-state index contributed by atoms with van der Waals surface area (Å²) in [5.74, 6) is 0.162. The first-order chi connectivity index (χ1) is 6.40. The fourth-order valence-electron chi connectivity index (χ4n) is 1.06. The zero-order chi connectivity index (χ0) is 11.2. The summed E-state index contributed by atoms with van der Waals surface area (Å²) >= 11 is 3.49. The van der Waals surface area contributed by atoms with E-state index in [1.807, 2.05) is 20.8 Å². The molecular weight excluding hydrogens is 242 g/mol. The van der Waals surface area contributed by atoms with Gasteiger partial charge < -0.3 is 5.32 Å². The number of hydrogen-bond acceptors (Lipinski definition) is 1. The minimum absolute atomic E-state index is 0.162. The first-order valence-corrected chi connectivity index (χ1v) is 6.26. The Labute approximate surface area is 96.0 Å². The Balaban J connectivity index is 3.82. The molecule has 0 aliphatic heterocycles. The first kappa shape index (κ1) is 13.9. The molecule has 2 nitrogen and oxygen atoms in total. The molecule has 84 valence electrons. The Hall–Kier alpha value is -0.0500. The van der Waals surface area contributed by atoms with E-state index in [2.05, 4.69) is 28.2 Å². The molecule has 14 heavy (non-hydrogen) atoms. The maximum atomic E-state index is 11.5. The molecule has 0 bridgehead atoms. The first-order valence-electron chi connectivity index (χ1n) is 5.35. The van der Waals surface area contributed by atoms with Crippen LogP contribution in [0.4, 0.5) is 0 Å². The molecule has 0 aromatic rings. The largest absolute Gasteiger partial charge is 0.350 e. The van der Waals surface area contributed by atoms with E-state index >= 15 is 0 Å². The van der Waals surface area contributed by atoms with Gasteiger partial charge in [-0.25, -0.2) is 0 Å². The molecule has 0 aliphatic carbocycles. The molecular formula is C11H22BrNO. The lowest BCUT2D eigenvalue weighted by atomic mass is 10.0. The van der Waals surface area contributed by atoms with Gasteiger partial charge in [0, 0.05) is 16.8 Å². The van der Waals surface area contributed by atoms with Crippen molar-refractivity contribution in [2.45, 2.75) is 63.7 Å². The third-order valence-electron chi connectivity index (χ3n) is 2.46. The normalized spacial score (nSPS) is 13.8. The van der Waals surface area contributed by atoms with E-state index in [-0.39, 0.29) is 16.3 Å². The molecule has 0 rings (SSSR count). The van der Waals surface area contributed by atoms with Crippen molar-refractivity contribution in [2.24, 2.45) is 0 Å². The maximum Gasteiger partial charge on any atom is 0.220 e. The quantitative estimate of drug-likeness (QED) is 0.579. The minimum Gasteiger partial charge on any atom is -0.350 e. The molecule has 0 aromatic carbocycles. The highest BCUT2D eigenvalue weighted by Gasteiger charge is 2.24. The van der Waals surface area contributed by atoms with Crippen LogP contribution in [0.25, 0.3) is 0 Å². The van der Waals surface area contributed by atoms with Crippen molar-refractivity contribution in [2.75, 3.05) is 0 Å². The molecule has 1 atom stereocenters. The van der Waals surface area contributed by atoms with Crippen molar-refractivity contribution in [1.29, 1.82) is 0 Å². The molecule has 0 spiro atoms. The summed E-state index contributed by atoms with van der Waals surface area (Å²) in [4.78, 5) is 11.8. The number of amides is 1. The Bertz CT molecular complexity index is 178. The lowest BCUT2D eigenvalue weighted by Gasteiger charge is -2.29. The second-order valence-corrected chi connectivity index (χ2v) is 5.72. The van der Waals surface area contributed by atoms with Crippen LogP contribution in [-0.2, 0) is 4.79 Å².